The first kappa shape index (κ1) is 84.7. The molecule has 5 aliphatic rings. The van der Waals surface area contributed by atoms with Crippen LogP contribution in [0.2, 0.25) is 0 Å². The van der Waals surface area contributed by atoms with E-state index in [1.54, 1.807) is 27.9 Å². The predicted molar refractivity (Wildman–Crippen MR) is 362 cm³/mol. The van der Waals surface area contributed by atoms with Crippen LogP contribution < -0.4 is 34.0 Å². The Morgan fingerprint density at radius 2 is 1.21 bits per heavy atom. The number of benzene rings is 3. The van der Waals surface area contributed by atoms with Crippen LogP contribution in [0.1, 0.15) is 211 Å². The van der Waals surface area contributed by atoms with Crippen LogP contribution in [0.5, 0.6) is 0 Å². The lowest BCUT2D eigenvalue weighted by Crippen LogP contribution is -2.57. The quantitative estimate of drug-likeness (QED) is 0.0517. The zero-order valence-electron chi connectivity index (χ0n) is 58.3. The van der Waals surface area contributed by atoms with Gasteiger partial charge in [-0.2, -0.15) is 13.2 Å². The van der Waals surface area contributed by atoms with Crippen molar-refractivity contribution in [3.63, 3.8) is 0 Å². The van der Waals surface area contributed by atoms with Gasteiger partial charge in [0.2, 0.25) is 29.5 Å². The van der Waals surface area contributed by atoms with Gasteiger partial charge in [0.25, 0.3) is 12.6 Å². The van der Waals surface area contributed by atoms with E-state index >= 15 is 0 Å². The number of aryl methyl sites for hydroxylation is 3. The van der Waals surface area contributed by atoms with E-state index in [0.717, 1.165) is 68.8 Å². The van der Waals surface area contributed by atoms with Gasteiger partial charge >= 0.3 is 12.1 Å². The van der Waals surface area contributed by atoms with Gasteiger partial charge in [-0.05, 0) is 124 Å². The van der Waals surface area contributed by atoms with Crippen LogP contribution in [0.15, 0.2) is 72.8 Å². The molecule has 0 radical (unpaired) electrons. The molecule has 0 aromatic heterocycles. The normalized spacial score (nSPS) is 21.1. The van der Waals surface area contributed by atoms with Crippen LogP contribution in [-0.2, 0) is 71.9 Å². The van der Waals surface area contributed by atoms with Gasteiger partial charge in [0.15, 0.2) is 0 Å². The van der Waals surface area contributed by atoms with Gasteiger partial charge in [0.05, 0.1) is 48.1 Å². The van der Waals surface area contributed by atoms with Crippen molar-refractivity contribution in [1.82, 2.24) is 21.7 Å². The van der Waals surface area contributed by atoms with Gasteiger partial charge in [0, 0.05) is 56.1 Å². The second-order valence-corrected chi connectivity index (χ2v) is 27.9. The van der Waals surface area contributed by atoms with Crippen LogP contribution in [-0.4, -0.2) is 118 Å². The fraction of sp³-hybridized carbons (Fsp3) is 0.611. The van der Waals surface area contributed by atoms with Crippen molar-refractivity contribution in [2.75, 3.05) is 13.7 Å². The topological polar surface area (TPSA) is 357 Å². The van der Waals surface area contributed by atoms with E-state index in [1.807, 2.05) is 65.0 Å². The molecule has 2 heterocycles. The van der Waals surface area contributed by atoms with Crippen molar-refractivity contribution in [3.05, 3.63) is 111 Å². The number of aliphatic carboxylic acids is 1. The molecule has 10 atom stereocenters. The van der Waals surface area contributed by atoms with Gasteiger partial charge in [-0.25, -0.2) is 0 Å². The first-order valence-electron chi connectivity index (χ1n) is 32.8. The fourth-order valence-corrected chi connectivity index (χ4v) is 12.8. The maximum absolute atomic E-state index is 13.5. The highest BCUT2D eigenvalue weighted by molar-refractivity contribution is 5.96. The number of Topliss-reactive ketones (excluding diaryl/α,β-unsaturated/α-hetero) is 2. The summed E-state index contributed by atoms with van der Waals surface area (Å²) in [4.78, 5) is 112. The number of ketones is 2. The number of aliphatic hydroxyl groups excluding tert-OH is 1. The third-order valence-corrected chi connectivity index (χ3v) is 17.5. The molecule has 2 aliphatic heterocycles. The maximum atomic E-state index is 13.5. The number of carboxylic acid groups (broad SMARTS) is 1. The maximum Gasteiger partial charge on any atom is 0.411 e. The summed E-state index contributed by atoms with van der Waals surface area (Å²) in [7, 11) is 1.65. The second-order valence-electron chi connectivity index (χ2n) is 27.9. The molecule has 0 spiro atoms. The number of carbonyl (C=O) groups excluding carboxylic acids is 8. The number of nitrogens with one attached hydrogen (secondary N) is 2. The lowest BCUT2D eigenvalue weighted by Gasteiger charge is -2.37. The number of primary amides is 2. The summed E-state index contributed by atoms with van der Waals surface area (Å²) in [5.74, 6) is -4.16. The highest BCUT2D eigenvalue weighted by Crippen LogP contribution is 2.40. The predicted octanol–water partition coefficient (Wildman–Crippen LogP) is 10.5. The minimum atomic E-state index is -4.40. The number of hydrogen-bond acceptors (Lipinski definition) is 14. The van der Waals surface area contributed by atoms with Crippen molar-refractivity contribution in [2.45, 2.75) is 233 Å². The minimum absolute atomic E-state index is 0. The molecule has 8 rings (SSSR count). The number of amides is 5. The number of aldehydes is 1. The summed E-state index contributed by atoms with van der Waals surface area (Å²) in [6, 6.07) is 23.1. The number of nitrogens with zero attached hydrogens (tertiary/aromatic N) is 2. The molecular weight excluding hydrogens is 1240 g/mol. The molecule has 3 aromatic carbocycles. The van der Waals surface area contributed by atoms with E-state index in [9.17, 15) is 56.3 Å². The second kappa shape index (κ2) is 39.1. The number of fused-ring (bicyclic) bond motifs is 4. The number of carbonyl (C=O) groups is 9. The number of methoxy groups -OCH3 is 1. The number of alkyl halides is 3. The average molecular weight is 1350 g/mol. The average Bonchev–Trinajstić information content (AvgIpc) is 1.56. The van der Waals surface area contributed by atoms with E-state index in [2.05, 4.69) is 71.8 Å². The number of nitrogens with two attached hydrogens (primary N) is 3. The molecule has 3 unspecified atom stereocenters. The summed E-state index contributed by atoms with van der Waals surface area (Å²) in [6.07, 6.45) is 6.80. The molecule has 2 fully saturated rings. The van der Waals surface area contributed by atoms with Crippen molar-refractivity contribution < 1.29 is 76.0 Å². The Bertz CT molecular complexity index is 3110. The smallest absolute Gasteiger partial charge is 0.411 e. The van der Waals surface area contributed by atoms with Crippen molar-refractivity contribution in [3.8, 4) is 6.57 Å². The van der Waals surface area contributed by atoms with E-state index in [1.165, 1.54) is 46.9 Å². The van der Waals surface area contributed by atoms with Crippen LogP contribution in [0.3, 0.4) is 0 Å². The van der Waals surface area contributed by atoms with Gasteiger partial charge in [-0.3, -0.25) is 43.3 Å². The Labute approximate surface area is 565 Å². The van der Waals surface area contributed by atoms with Gasteiger partial charge in [-0.15, -0.1) is 0 Å². The Hall–Kier alpha value is -7.43. The largest absolute Gasteiger partial charge is 0.481 e. The number of carboxylic acids is 1. The van der Waals surface area contributed by atoms with Crippen molar-refractivity contribution in [1.29, 1.82) is 0 Å². The monoisotopic (exact) mass is 1350 g/mol. The summed E-state index contributed by atoms with van der Waals surface area (Å²) in [6.45, 7) is 24.5. The Balaban J connectivity index is 0.000000434. The van der Waals surface area contributed by atoms with Crippen LogP contribution in [0, 0.1) is 41.1 Å². The van der Waals surface area contributed by atoms with Crippen molar-refractivity contribution in [2.24, 2.45) is 51.7 Å². The van der Waals surface area contributed by atoms with E-state index < -0.39 is 83.6 Å². The SMILES string of the molecule is C#[N+][C@@H]1CCCc2ccccc21.CC(C)CC(C)(C)C=O.CC1(C)O[C@@H]2CC(=O)C[C@H](N)C(=O)N2C1C(=O)N[C@@H]1CCCc2ccccc21.COC(C)CC(C)(C)C(CC(=O)[C@@H](C)CC(N)=O)C(=O)N[C@@H]1CCCc2ccccc21.C[C@@H](CC(N)=O)C(=O)O.N.OCC(F)(F)F. The third kappa shape index (κ3) is 27.2. The van der Waals surface area contributed by atoms with Gasteiger partial charge in [0.1, 0.15) is 36.7 Å². The summed E-state index contributed by atoms with van der Waals surface area (Å²) in [5, 5.41) is 21.9. The molecular formula is C72H108F3N8O13+. The van der Waals surface area contributed by atoms with Crippen LogP contribution in [0.25, 0.3) is 4.85 Å². The molecule has 0 bridgehead atoms. The zero-order valence-corrected chi connectivity index (χ0v) is 58.3. The van der Waals surface area contributed by atoms with E-state index in [0.29, 0.717) is 12.3 Å². The molecule has 3 aromatic rings. The van der Waals surface area contributed by atoms with Crippen molar-refractivity contribution >= 4 is 53.4 Å². The standard InChI is InChI=1S/C25H38N2O4.C21H27N3O4.C11H12N.C8H16O.C5H9NO3.C2H3F3O.H3N/c1-16(13-23(26)29)22(28)14-20(25(3,4)15-17(2)31-5)24(30)27-21-12-8-10-18-9-6-7-11-19(18)21;1-21(2)18(24-17(28-21)11-13(25)10-15(22)20(24)27)19(26)23-16-9-5-7-12-6-3-4-8-14(12)16;1-12-11-8-4-6-9-5-2-3-7-10(9)11;1-7(2)5-8(3,4)6-9;1-3(5(8)9)2-4(6)7;3-2(4,5)1-6;/h6-7,9,11,16-17,20-21H,8,10,12-15H2,1-5H3,(H2,26,29)(H,27,30);3-4,6,8,15-18H,5,7,9-11,22H2,1-2H3,(H,23,26);1-3,5,7,11H,4,6,8H2;6-7H,5H2,1-4H3;3H,2H2,1H3,(H2,6,7)(H,8,9);6H,1H2;1H3/q;;+1;;;;/t16-,17?,20?,21+;15-,16+,17+,18?;11-;;3-;;/m001.0../s1. The number of halogens is 3. The fourth-order valence-electron chi connectivity index (χ4n) is 12.8. The first-order valence-corrected chi connectivity index (χ1v) is 32.8. The van der Waals surface area contributed by atoms with E-state index in [-0.39, 0.29) is 91.3 Å². The van der Waals surface area contributed by atoms with Gasteiger partial charge in [-0.1, -0.05) is 133 Å². The summed E-state index contributed by atoms with van der Waals surface area (Å²) < 4.78 is 43.0. The summed E-state index contributed by atoms with van der Waals surface area (Å²) in [5.41, 5.74) is 22.0. The molecule has 2 saturated heterocycles. The molecule has 13 N–H and O–H groups in total. The Morgan fingerprint density at radius 1 is 0.750 bits per heavy atom. The van der Waals surface area contributed by atoms with Crippen LogP contribution in [0.4, 0.5) is 13.2 Å². The third-order valence-electron chi connectivity index (χ3n) is 17.5. The molecule has 5 amide bonds. The molecule has 24 heteroatoms. The van der Waals surface area contributed by atoms with Gasteiger partial charge < -0.3 is 58.5 Å². The molecule has 3 aliphatic carbocycles. The van der Waals surface area contributed by atoms with E-state index in [4.69, 9.17) is 43.5 Å². The zero-order chi connectivity index (χ0) is 71.8. The Kier molecular flexibility index (Phi) is 34.5. The lowest BCUT2D eigenvalue weighted by atomic mass is 9.71. The highest BCUT2D eigenvalue weighted by atomic mass is 19.4. The number of aliphatic hydroxyl groups is 1. The Morgan fingerprint density at radius 3 is 1.64 bits per heavy atom. The molecule has 21 nitrogen and oxygen atoms in total. The summed E-state index contributed by atoms with van der Waals surface area (Å²) >= 11 is 0. The number of hydrogen-bond donors (Lipinski definition) is 8. The lowest BCUT2D eigenvalue weighted by molar-refractivity contribution is -0.159. The number of rotatable bonds is 19. The number of ether oxygens (including phenoxy) is 2. The van der Waals surface area contributed by atoms with Crippen LogP contribution >= 0.6 is 0 Å². The molecule has 534 valence electrons. The molecule has 96 heavy (non-hydrogen) atoms. The molecule has 0 saturated carbocycles. The highest BCUT2D eigenvalue weighted by Gasteiger charge is 2.56. The minimum Gasteiger partial charge on any atom is -0.481 e. The first-order chi connectivity index (χ1) is 44.3.